The highest BCUT2D eigenvalue weighted by Gasteiger charge is 2.27. The molecule has 7 heteroatoms. The fourth-order valence-electron chi connectivity index (χ4n) is 2.40. The van der Waals surface area contributed by atoms with E-state index < -0.39 is 17.8 Å². The molecule has 1 atom stereocenters. The molecule has 1 aromatic carbocycles. The Morgan fingerprint density at radius 2 is 2.35 bits per heavy atom. The molecule has 0 aliphatic heterocycles. The molecule has 0 spiro atoms. The zero-order valence-electron chi connectivity index (χ0n) is 12.7. The van der Waals surface area contributed by atoms with E-state index in [0.717, 1.165) is 12.8 Å². The predicted octanol–water partition coefficient (Wildman–Crippen LogP) is 2.56. The Kier molecular flexibility index (Phi) is 4.29. The SMILES string of the molecule is COc1cc(NC(=O)C(N)CC2CC2)c(F)cc1-c1cnco1. The summed E-state index contributed by atoms with van der Waals surface area (Å²) in [6, 6.07) is 2.01. The van der Waals surface area contributed by atoms with E-state index in [1.165, 1.54) is 31.8 Å². The maximum Gasteiger partial charge on any atom is 0.241 e. The summed E-state index contributed by atoms with van der Waals surface area (Å²) in [7, 11) is 1.46. The largest absolute Gasteiger partial charge is 0.496 e. The van der Waals surface area contributed by atoms with Crippen LogP contribution in [0.5, 0.6) is 5.75 Å². The third kappa shape index (κ3) is 3.50. The number of halogens is 1. The molecular formula is C16H18FN3O3. The highest BCUT2D eigenvalue weighted by atomic mass is 19.1. The number of carbonyl (C=O) groups excluding carboxylic acids is 1. The Balaban J connectivity index is 1.80. The lowest BCUT2D eigenvalue weighted by Crippen LogP contribution is -2.36. The van der Waals surface area contributed by atoms with Crippen molar-refractivity contribution in [3.63, 3.8) is 0 Å². The minimum absolute atomic E-state index is 0.0290. The van der Waals surface area contributed by atoms with Crippen LogP contribution >= 0.6 is 0 Å². The molecule has 1 saturated carbocycles. The van der Waals surface area contributed by atoms with Crippen LogP contribution in [-0.2, 0) is 4.79 Å². The molecule has 1 aliphatic carbocycles. The Labute approximate surface area is 132 Å². The maximum absolute atomic E-state index is 14.3. The van der Waals surface area contributed by atoms with Gasteiger partial charge in [0.15, 0.2) is 12.2 Å². The van der Waals surface area contributed by atoms with Crippen molar-refractivity contribution in [2.24, 2.45) is 11.7 Å². The molecule has 6 nitrogen and oxygen atoms in total. The van der Waals surface area contributed by atoms with Gasteiger partial charge in [0.05, 0.1) is 30.6 Å². The van der Waals surface area contributed by atoms with Gasteiger partial charge in [-0.1, -0.05) is 12.8 Å². The first-order valence-corrected chi connectivity index (χ1v) is 7.41. The third-order valence-electron chi connectivity index (χ3n) is 3.87. The molecule has 3 N–H and O–H groups in total. The highest BCUT2D eigenvalue weighted by molar-refractivity contribution is 5.95. The molecule has 0 bridgehead atoms. The average Bonchev–Trinajstić information content (AvgIpc) is 3.18. The minimum Gasteiger partial charge on any atom is -0.496 e. The number of anilines is 1. The van der Waals surface area contributed by atoms with Gasteiger partial charge in [0, 0.05) is 6.07 Å². The summed E-state index contributed by atoms with van der Waals surface area (Å²) < 4.78 is 24.7. The molecule has 0 saturated heterocycles. The lowest BCUT2D eigenvalue weighted by atomic mass is 10.1. The van der Waals surface area contributed by atoms with Crippen LogP contribution in [0.4, 0.5) is 10.1 Å². The normalized spacial score (nSPS) is 15.3. The number of methoxy groups -OCH3 is 1. The molecule has 0 radical (unpaired) electrons. The van der Waals surface area contributed by atoms with Crippen molar-refractivity contribution < 1.29 is 18.3 Å². The van der Waals surface area contributed by atoms with Crippen LogP contribution in [0.3, 0.4) is 0 Å². The number of carbonyl (C=O) groups is 1. The van der Waals surface area contributed by atoms with E-state index in [0.29, 0.717) is 29.4 Å². The first kappa shape index (κ1) is 15.5. The number of hydrogen-bond acceptors (Lipinski definition) is 5. The van der Waals surface area contributed by atoms with E-state index in [-0.39, 0.29) is 5.69 Å². The number of oxazole rings is 1. The monoisotopic (exact) mass is 319 g/mol. The molecule has 23 heavy (non-hydrogen) atoms. The second kappa shape index (κ2) is 6.37. The molecular weight excluding hydrogens is 301 g/mol. The van der Waals surface area contributed by atoms with E-state index >= 15 is 0 Å². The maximum atomic E-state index is 14.3. The van der Waals surface area contributed by atoms with Crippen molar-refractivity contribution in [1.29, 1.82) is 0 Å². The van der Waals surface area contributed by atoms with Crippen molar-refractivity contribution in [2.75, 3.05) is 12.4 Å². The van der Waals surface area contributed by atoms with E-state index in [9.17, 15) is 9.18 Å². The summed E-state index contributed by atoms with van der Waals surface area (Å²) in [6.07, 6.45) is 5.55. The fraction of sp³-hybridized carbons (Fsp3) is 0.375. The molecule has 1 aromatic heterocycles. The number of nitrogens with one attached hydrogen (secondary N) is 1. The van der Waals surface area contributed by atoms with E-state index in [4.69, 9.17) is 14.9 Å². The first-order chi connectivity index (χ1) is 11.1. The van der Waals surface area contributed by atoms with Crippen LogP contribution < -0.4 is 15.8 Å². The smallest absolute Gasteiger partial charge is 0.241 e. The van der Waals surface area contributed by atoms with Crippen molar-refractivity contribution in [1.82, 2.24) is 4.98 Å². The Bertz CT molecular complexity index is 699. The summed E-state index contributed by atoms with van der Waals surface area (Å²) >= 11 is 0. The molecule has 2 aromatic rings. The van der Waals surface area contributed by atoms with Gasteiger partial charge in [-0.2, -0.15) is 0 Å². The van der Waals surface area contributed by atoms with Crippen LogP contribution in [0, 0.1) is 11.7 Å². The summed E-state index contributed by atoms with van der Waals surface area (Å²) in [5, 5.41) is 2.53. The van der Waals surface area contributed by atoms with Crippen molar-refractivity contribution in [3.8, 4) is 17.1 Å². The van der Waals surface area contributed by atoms with Crippen LogP contribution in [0.2, 0.25) is 0 Å². The zero-order chi connectivity index (χ0) is 16.4. The summed E-state index contributed by atoms with van der Waals surface area (Å²) in [5.41, 5.74) is 6.29. The number of amides is 1. The van der Waals surface area contributed by atoms with Crippen LogP contribution in [0.15, 0.2) is 29.1 Å². The molecule has 1 heterocycles. The standard InChI is InChI=1S/C16H18FN3O3/c1-22-14-6-13(20-16(21)12(18)4-9-2-3-9)11(17)5-10(14)15-7-19-8-23-15/h5-9,12H,2-4,18H2,1H3,(H,20,21). The summed E-state index contributed by atoms with van der Waals surface area (Å²) in [5.74, 6) is 0.275. The van der Waals surface area contributed by atoms with Gasteiger partial charge in [-0.15, -0.1) is 0 Å². The number of nitrogens with two attached hydrogens (primary N) is 1. The summed E-state index contributed by atoms with van der Waals surface area (Å²) in [4.78, 5) is 15.9. The van der Waals surface area contributed by atoms with Crippen LogP contribution in [-0.4, -0.2) is 24.0 Å². The van der Waals surface area contributed by atoms with E-state index in [1.807, 2.05) is 0 Å². The van der Waals surface area contributed by atoms with Gasteiger partial charge in [-0.3, -0.25) is 4.79 Å². The second-order valence-electron chi connectivity index (χ2n) is 5.67. The molecule has 1 unspecified atom stereocenters. The third-order valence-corrected chi connectivity index (χ3v) is 3.87. The van der Waals surface area contributed by atoms with Gasteiger partial charge in [0.25, 0.3) is 0 Å². The first-order valence-electron chi connectivity index (χ1n) is 7.41. The Hall–Kier alpha value is -2.41. The fourth-order valence-corrected chi connectivity index (χ4v) is 2.40. The minimum atomic E-state index is -0.637. The number of ether oxygens (including phenoxy) is 1. The van der Waals surface area contributed by atoms with Crippen LogP contribution in [0.1, 0.15) is 19.3 Å². The Morgan fingerprint density at radius 3 is 2.96 bits per heavy atom. The average molecular weight is 319 g/mol. The molecule has 1 amide bonds. The molecule has 122 valence electrons. The number of hydrogen-bond donors (Lipinski definition) is 2. The number of rotatable bonds is 6. The quantitative estimate of drug-likeness (QED) is 0.854. The lowest BCUT2D eigenvalue weighted by molar-refractivity contribution is -0.117. The second-order valence-corrected chi connectivity index (χ2v) is 5.67. The van der Waals surface area contributed by atoms with Gasteiger partial charge in [0.2, 0.25) is 5.91 Å². The molecule has 3 rings (SSSR count). The predicted molar refractivity (Wildman–Crippen MR) is 82.4 cm³/mol. The number of aromatic nitrogens is 1. The molecule has 1 fully saturated rings. The van der Waals surface area contributed by atoms with Gasteiger partial charge in [-0.25, -0.2) is 9.37 Å². The molecule has 1 aliphatic rings. The zero-order valence-corrected chi connectivity index (χ0v) is 12.7. The van der Waals surface area contributed by atoms with Crippen molar-refractivity contribution >= 4 is 11.6 Å². The van der Waals surface area contributed by atoms with Gasteiger partial charge in [0.1, 0.15) is 11.6 Å². The number of benzene rings is 1. The summed E-state index contributed by atoms with van der Waals surface area (Å²) in [6.45, 7) is 0. The van der Waals surface area contributed by atoms with Gasteiger partial charge < -0.3 is 20.2 Å². The van der Waals surface area contributed by atoms with E-state index in [1.54, 1.807) is 0 Å². The number of nitrogens with zero attached hydrogens (tertiary/aromatic N) is 1. The van der Waals surface area contributed by atoms with Crippen molar-refractivity contribution in [3.05, 3.63) is 30.5 Å². The van der Waals surface area contributed by atoms with Crippen molar-refractivity contribution in [2.45, 2.75) is 25.3 Å². The van der Waals surface area contributed by atoms with E-state index in [2.05, 4.69) is 10.3 Å². The lowest BCUT2D eigenvalue weighted by Gasteiger charge is -2.14. The Morgan fingerprint density at radius 1 is 1.57 bits per heavy atom. The van der Waals surface area contributed by atoms with Gasteiger partial charge >= 0.3 is 0 Å². The highest BCUT2D eigenvalue weighted by Crippen LogP contribution is 2.35. The van der Waals surface area contributed by atoms with Gasteiger partial charge in [-0.05, 0) is 18.4 Å². The van der Waals surface area contributed by atoms with Crippen LogP contribution in [0.25, 0.3) is 11.3 Å². The topological polar surface area (TPSA) is 90.4 Å².